The largest absolute Gasteiger partial charge is 0.464 e. The molecular formula is C22H26N2O2. The van der Waals surface area contributed by atoms with Gasteiger partial charge in [0.15, 0.2) is 0 Å². The molecule has 4 heteroatoms. The Labute approximate surface area is 154 Å². The zero-order chi connectivity index (χ0) is 18.4. The van der Waals surface area contributed by atoms with E-state index in [1.807, 2.05) is 6.07 Å². The van der Waals surface area contributed by atoms with Gasteiger partial charge in [0.2, 0.25) is 0 Å². The molecule has 0 aliphatic heterocycles. The second-order valence-electron chi connectivity index (χ2n) is 6.68. The second kappa shape index (κ2) is 8.79. The van der Waals surface area contributed by atoms with Gasteiger partial charge in [-0.15, -0.1) is 0 Å². The van der Waals surface area contributed by atoms with Crippen LogP contribution in [0, 0.1) is 0 Å². The molecule has 0 amide bonds. The lowest BCUT2D eigenvalue weighted by molar-refractivity contribution is -0.145. The van der Waals surface area contributed by atoms with Crippen molar-refractivity contribution in [1.82, 2.24) is 0 Å². The van der Waals surface area contributed by atoms with Crippen molar-refractivity contribution in [2.24, 2.45) is 11.5 Å². The summed E-state index contributed by atoms with van der Waals surface area (Å²) in [6, 6.07) is 16.5. The van der Waals surface area contributed by atoms with Crippen LogP contribution in [0.3, 0.4) is 0 Å². The quantitative estimate of drug-likeness (QED) is 0.594. The van der Waals surface area contributed by atoms with Crippen LogP contribution in [0.5, 0.6) is 0 Å². The van der Waals surface area contributed by atoms with Gasteiger partial charge in [0.05, 0.1) is 6.61 Å². The SMILES string of the molecule is NCC(N)C(=O)OCCCc1ccc2c(c1)CCC(c1ccccc1)=C2. The number of fused-ring (bicyclic) bond motifs is 1. The van der Waals surface area contributed by atoms with Crippen molar-refractivity contribution in [2.75, 3.05) is 13.2 Å². The summed E-state index contributed by atoms with van der Waals surface area (Å²) in [4.78, 5) is 11.5. The van der Waals surface area contributed by atoms with E-state index < -0.39 is 12.0 Å². The van der Waals surface area contributed by atoms with Gasteiger partial charge in [-0.25, -0.2) is 0 Å². The van der Waals surface area contributed by atoms with Gasteiger partial charge in [0.25, 0.3) is 0 Å². The molecule has 0 saturated carbocycles. The van der Waals surface area contributed by atoms with E-state index in [0.717, 1.165) is 25.7 Å². The third-order valence-corrected chi connectivity index (χ3v) is 4.76. The second-order valence-corrected chi connectivity index (χ2v) is 6.68. The fraction of sp³-hybridized carbons (Fsp3) is 0.318. The van der Waals surface area contributed by atoms with Crippen molar-refractivity contribution in [3.63, 3.8) is 0 Å². The average molecular weight is 350 g/mol. The number of hydrogen-bond acceptors (Lipinski definition) is 4. The molecular weight excluding hydrogens is 324 g/mol. The molecule has 0 saturated heterocycles. The fourth-order valence-corrected chi connectivity index (χ4v) is 3.23. The summed E-state index contributed by atoms with van der Waals surface area (Å²) >= 11 is 0. The van der Waals surface area contributed by atoms with Gasteiger partial charge < -0.3 is 16.2 Å². The van der Waals surface area contributed by atoms with Crippen molar-refractivity contribution < 1.29 is 9.53 Å². The smallest absolute Gasteiger partial charge is 0.324 e. The molecule has 2 aromatic carbocycles. The monoisotopic (exact) mass is 350 g/mol. The molecule has 0 fully saturated rings. The minimum atomic E-state index is -0.718. The summed E-state index contributed by atoms with van der Waals surface area (Å²) in [6.07, 6.45) is 6.09. The van der Waals surface area contributed by atoms with Crippen LogP contribution >= 0.6 is 0 Å². The molecule has 4 nitrogen and oxygen atoms in total. The number of aryl methyl sites for hydroxylation is 2. The zero-order valence-electron chi connectivity index (χ0n) is 15.0. The summed E-state index contributed by atoms with van der Waals surface area (Å²) < 4.78 is 5.14. The van der Waals surface area contributed by atoms with E-state index in [4.69, 9.17) is 16.2 Å². The predicted octanol–water partition coefficient (Wildman–Crippen LogP) is 2.94. The Kier molecular flexibility index (Phi) is 6.21. The van der Waals surface area contributed by atoms with Crippen LogP contribution in [-0.2, 0) is 22.4 Å². The molecule has 3 rings (SSSR count). The van der Waals surface area contributed by atoms with Crippen LogP contribution < -0.4 is 11.5 Å². The fourth-order valence-electron chi connectivity index (χ4n) is 3.23. The number of carbonyl (C=O) groups excluding carboxylic acids is 1. The maximum atomic E-state index is 11.5. The highest BCUT2D eigenvalue weighted by Gasteiger charge is 2.13. The summed E-state index contributed by atoms with van der Waals surface area (Å²) in [7, 11) is 0. The molecule has 1 aliphatic rings. The van der Waals surface area contributed by atoms with E-state index in [-0.39, 0.29) is 6.54 Å². The normalized spacial score (nSPS) is 14.3. The molecule has 2 aromatic rings. The van der Waals surface area contributed by atoms with Crippen molar-refractivity contribution in [2.45, 2.75) is 31.7 Å². The van der Waals surface area contributed by atoms with E-state index in [1.165, 1.54) is 27.8 Å². The average Bonchev–Trinajstić information content (AvgIpc) is 2.70. The Morgan fingerprint density at radius 3 is 2.69 bits per heavy atom. The third kappa shape index (κ3) is 4.59. The van der Waals surface area contributed by atoms with E-state index >= 15 is 0 Å². The van der Waals surface area contributed by atoms with E-state index in [9.17, 15) is 4.79 Å². The first-order valence-corrected chi connectivity index (χ1v) is 9.17. The van der Waals surface area contributed by atoms with E-state index in [0.29, 0.717) is 6.61 Å². The Bertz CT molecular complexity index is 784. The van der Waals surface area contributed by atoms with Crippen molar-refractivity contribution in [3.8, 4) is 0 Å². The number of allylic oxidation sites excluding steroid dienone is 1. The highest BCUT2D eigenvalue weighted by molar-refractivity contribution is 5.84. The lowest BCUT2D eigenvalue weighted by Crippen LogP contribution is -2.39. The Hall–Kier alpha value is -2.43. The highest BCUT2D eigenvalue weighted by atomic mass is 16.5. The Morgan fingerprint density at radius 1 is 1.12 bits per heavy atom. The van der Waals surface area contributed by atoms with Gasteiger partial charge in [-0.3, -0.25) is 4.79 Å². The highest BCUT2D eigenvalue weighted by Crippen LogP contribution is 2.30. The number of benzene rings is 2. The van der Waals surface area contributed by atoms with Crippen molar-refractivity contribution in [3.05, 3.63) is 70.8 Å². The van der Waals surface area contributed by atoms with Crippen LogP contribution in [0.25, 0.3) is 11.6 Å². The topological polar surface area (TPSA) is 78.3 Å². The van der Waals surface area contributed by atoms with Crippen LogP contribution in [0.15, 0.2) is 48.5 Å². The molecule has 0 heterocycles. The number of hydrogen-bond donors (Lipinski definition) is 2. The molecule has 0 radical (unpaired) electrons. The number of rotatable bonds is 7. The zero-order valence-corrected chi connectivity index (χ0v) is 15.0. The first-order chi connectivity index (χ1) is 12.7. The van der Waals surface area contributed by atoms with Gasteiger partial charge >= 0.3 is 5.97 Å². The first-order valence-electron chi connectivity index (χ1n) is 9.17. The van der Waals surface area contributed by atoms with Crippen molar-refractivity contribution in [1.29, 1.82) is 0 Å². The lowest BCUT2D eigenvalue weighted by atomic mass is 9.87. The minimum absolute atomic E-state index is 0.113. The summed E-state index contributed by atoms with van der Waals surface area (Å²) in [5.74, 6) is -0.420. The molecule has 0 spiro atoms. The van der Waals surface area contributed by atoms with E-state index in [2.05, 4.69) is 48.5 Å². The van der Waals surface area contributed by atoms with Gasteiger partial charge in [-0.1, -0.05) is 54.6 Å². The number of nitrogens with two attached hydrogens (primary N) is 2. The molecule has 4 N–H and O–H groups in total. The van der Waals surface area contributed by atoms with Gasteiger partial charge in [0.1, 0.15) is 6.04 Å². The van der Waals surface area contributed by atoms with Crippen LogP contribution in [0.2, 0.25) is 0 Å². The number of esters is 1. The molecule has 1 unspecified atom stereocenters. The summed E-state index contributed by atoms with van der Waals surface area (Å²) in [5, 5.41) is 0. The summed E-state index contributed by atoms with van der Waals surface area (Å²) in [6.45, 7) is 0.490. The van der Waals surface area contributed by atoms with Gasteiger partial charge in [-0.2, -0.15) is 0 Å². The number of carbonyl (C=O) groups is 1. The molecule has 136 valence electrons. The van der Waals surface area contributed by atoms with Crippen LogP contribution in [-0.4, -0.2) is 25.2 Å². The number of ether oxygens (including phenoxy) is 1. The van der Waals surface area contributed by atoms with Crippen LogP contribution in [0.4, 0.5) is 0 Å². The molecule has 1 aliphatic carbocycles. The standard InChI is InChI=1S/C22H26N2O2/c23-15-21(24)22(25)26-12-4-5-16-8-9-20-14-19(11-10-18(20)13-16)17-6-2-1-3-7-17/h1-3,6-9,13-14,21H,4-5,10-12,15,23-24H2. The maximum absolute atomic E-state index is 11.5. The lowest BCUT2D eigenvalue weighted by Gasteiger charge is -2.18. The first kappa shape index (κ1) is 18.4. The minimum Gasteiger partial charge on any atom is -0.464 e. The third-order valence-electron chi connectivity index (χ3n) is 4.76. The van der Waals surface area contributed by atoms with E-state index in [1.54, 1.807) is 0 Å². The van der Waals surface area contributed by atoms with Gasteiger partial charge in [0, 0.05) is 6.54 Å². The molecule has 1 atom stereocenters. The molecule has 0 aromatic heterocycles. The molecule has 26 heavy (non-hydrogen) atoms. The van der Waals surface area contributed by atoms with Crippen LogP contribution in [0.1, 0.15) is 35.1 Å². The maximum Gasteiger partial charge on any atom is 0.324 e. The Balaban J connectivity index is 1.57. The van der Waals surface area contributed by atoms with Gasteiger partial charge in [-0.05, 0) is 53.5 Å². The molecule has 0 bridgehead atoms. The van der Waals surface area contributed by atoms with Crippen molar-refractivity contribution >= 4 is 17.6 Å². The summed E-state index contributed by atoms with van der Waals surface area (Å²) in [5.41, 5.74) is 17.6. The Morgan fingerprint density at radius 2 is 1.92 bits per heavy atom. The predicted molar refractivity (Wildman–Crippen MR) is 105 cm³/mol.